The Bertz CT molecular complexity index is 862. The molecule has 23 heavy (non-hydrogen) atoms. The van der Waals surface area contributed by atoms with Crippen molar-refractivity contribution in [3.63, 3.8) is 0 Å². The molecule has 3 aromatic rings. The summed E-state index contributed by atoms with van der Waals surface area (Å²) in [5, 5.41) is 8.73. The number of halogens is 1. The van der Waals surface area contributed by atoms with Crippen LogP contribution in [-0.4, -0.2) is 27.2 Å². The van der Waals surface area contributed by atoms with Crippen LogP contribution in [0.4, 0.5) is 0 Å². The van der Waals surface area contributed by atoms with Gasteiger partial charge in [0.2, 0.25) is 5.91 Å². The lowest BCUT2D eigenvalue weighted by Gasteiger charge is -2.02. The fourth-order valence-corrected chi connectivity index (χ4v) is 2.61. The van der Waals surface area contributed by atoms with Crippen LogP contribution in [0.1, 0.15) is 11.1 Å². The molecule has 6 heteroatoms. The maximum atomic E-state index is 11.8. The Morgan fingerprint density at radius 1 is 1.48 bits per heavy atom. The number of nitrogens with zero attached hydrogens (tertiary/aromatic N) is 2. The lowest BCUT2D eigenvalue weighted by molar-refractivity contribution is -0.116. The van der Waals surface area contributed by atoms with Gasteiger partial charge in [0.15, 0.2) is 0 Å². The molecule has 0 radical (unpaired) electrons. The Kier molecular flexibility index (Phi) is 4.48. The van der Waals surface area contributed by atoms with Gasteiger partial charge in [0.05, 0.1) is 6.20 Å². The summed E-state index contributed by atoms with van der Waals surface area (Å²) < 4.78 is 1.69. The topological polar surface area (TPSA) is 62.7 Å². The quantitative estimate of drug-likeness (QED) is 0.707. The molecular formula is C17H17ClN4O. The molecule has 118 valence electrons. The van der Waals surface area contributed by atoms with Gasteiger partial charge in [0.1, 0.15) is 0 Å². The van der Waals surface area contributed by atoms with Crippen LogP contribution in [0.5, 0.6) is 0 Å². The number of fused-ring (bicyclic) bond motifs is 1. The van der Waals surface area contributed by atoms with Crippen LogP contribution >= 0.6 is 11.6 Å². The number of H-pyrrole nitrogens is 1. The van der Waals surface area contributed by atoms with Gasteiger partial charge in [-0.25, -0.2) is 0 Å². The fourth-order valence-electron chi connectivity index (χ4n) is 2.43. The molecule has 0 aliphatic rings. The van der Waals surface area contributed by atoms with E-state index in [1.165, 1.54) is 6.08 Å². The maximum absolute atomic E-state index is 11.8. The molecule has 2 N–H and O–H groups in total. The summed E-state index contributed by atoms with van der Waals surface area (Å²) in [5.41, 5.74) is 3.08. The Morgan fingerprint density at radius 2 is 2.35 bits per heavy atom. The van der Waals surface area contributed by atoms with Crippen LogP contribution in [0.15, 0.2) is 42.9 Å². The van der Waals surface area contributed by atoms with E-state index in [9.17, 15) is 4.79 Å². The standard InChI is InChI=1S/C17H17ClN4O/c1-22-11-12(9-21-22)2-5-17(23)19-7-6-13-10-20-16-4-3-14(18)8-15(13)16/h2-5,8-11,20H,6-7H2,1H3,(H,19,23)/b5-2+. The first kappa shape index (κ1) is 15.4. The molecule has 0 saturated heterocycles. The number of aryl methyl sites for hydroxylation is 1. The zero-order valence-electron chi connectivity index (χ0n) is 12.7. The summed E-state index contributed by atoms with van der Waals surface area (Å²) in [6.07, 6.45) is 9.52. The number of aromatic amines is 1. The first-order chi connectivity index (χ1) is 11.1. The average Bonchev–Trinajstić information content (AvgIpc) is 3.12. The molecule has 0 aliphatic heterocycles. The van der Waals surface area contributed by atoms with Crippen molar-refractivity contribution in [2.75, 3.05) is 6.54 Å². The van der Waals surface area contributed by atoms with Gasteiger partial charge in [-0.15, -0.1) is 0 Å². The summed E-state index contributed by atoms with van der Waals surface area (Å²) in [6, 6.07) is 5.75. The average molecular weight is 329 g/mol. The molecule has 0 fully saturated rings. The zero-order chi connectivity index (χ0) is 16.2. The van der Waals surface area contributed by atoms with Crippen LogP contribution in [0.2, 0.25) is 5.02 Å². The van der Waals surface area contributed by atoms with Crippen molar-refractivity contribution in [2.24, 2.45) is 7.05 Å². The van der Waals surface area contributed by atoms with Crippen molar-refractivity contribution in [2.45, 2.75) is 6.42 Å². The normalized spacial score (nSPS) is 11.4. The highest BCUT2D eigenvalue weighted by molar-refractivity contribution is 6.31. The summed E-state index contributed by atoms with van der Waals surface area (Å²) in [7, 11) is 1.84. The van der Waals surface area contributed by atoms with Crippen LogP contribution in [0.3, 0.4) is 0 Å². The lowest BCUT2D eigenvalue weighted by atomic mass is 10.1. The Hall–Kier alpha value is -2.53. The number of hydrogen-bond acceptors (Lipinski definition) is 2. The predicted octanol–water partition coefficient (Wildman–Crippen LogP) is 2.93. The molecule has 0 saturated carbocycles. The van der Waals surface area contributed by atoms with E-state index in [1.807, 2.05) is 37.6 Å². The third-order valence-corrected chi connectivity index (χ3v) is 3.81. The van der Waals surface area contributed by atoms with E-state index in [4.69, 9.17) is 11.6 Å². The smallest absolute Gasteiger partial charge is 0.244 e. The number of carbonyl (C=O) groups is 1. The van der Waals surface area contributed by atoms with Crippen LogP contribution < -0.4 is 5.32 Å². The lowest BCUT2D eigenvalue weighted by Crippen LogP contribution is -2.23. The second kappa shape index (κ2) is 6.71. The number of hydrogen-bond donors (Lipinski definition) is 2. The van der Waals surface area contributed by atoms with E-state index < -0.39 is 0 Å². The van der Waals surface area contributed by atoms with E-state index in [-0.39, 0.29) is 5.91 Å². The molecular weight excluding hydrogens is 312 g/mol. The highest BCUT2D eigenvalue weighted by Gasteiger charge is 2.04. The van der Waals surface area contributed by atoms with Crippen molar-refractivity contribution < 1.29 is 4.79 Å². The molecule has 3 rings (SSSR count). The summed E-state index contributed by atoms with van der Waals surface area (Å²) in [5.74, 6) is -0.119. The molecule has 0 spiro atoms. The monoisotopic (exact) mass is 328 g/mol. The second-order valence-electron chi connectivity index (χ2n) is 5.33. The zero-order valence-corrected chi connectivity index (χ0v) is 13.5. The molecule has 2 heterocycles. The van der Waals surface area contributed by atoms with Crippen molar-refractivity contribution in [1.29, 1.82) is 0 Å². The molecule has 0 aliphatic carbocycles. The van der Waals surface area contributed by atoms with Crippen molar-refractivity contribution in [3.05, 3.63) is 59.0 Å². The van der Waals surface area contributed by atoms with Gasteiger partial charge in [0, 0.05) is 53.6 Å². The van der Waals surface area contributed by atoms with Gasteiger partial charge in [-0.05, 0) is 36.3 Å². The predicted molar refractivity (Wildman–Crippen MR) is 92.3 cm³/mol. The maximum Gasteiger partial charge on any atom is 0.244 e. The minimum absolute atomic E-state index is 0.119. The van der Waals surface area contributed by atoms with Crippen molar-refractivity contribution in [3.8, 4) is 0 Å². The van der Waals surface area contributed by atoms with Crippen molar-refractivity contribution in [1.82, 2.24) is 20.1 Å². The van der Waals surface area contributed by atoms with Gasteiger partial charge >= 0.3 is 0 Å². The number of nitrogens with one attached hydrogen (secondary N) is 2. The molecule has 2 aromatic heterocycles. The van der Waals surface area contributed by atoms with E-state index in [2.05, 4.69) is 15.4 Å². The number of carbonyl (C=O) groups excluding carboxylic acids is 1. The molecule has 1 amide bonds. The summed E-state index contributed by atoms with van der Waals surface area (Å²) >= 11 is 6.03. The Morgan fingerprint density at radius 3 is 3.13 bits per heavy atom. The van der Waals surface area contributed by atoms with Crippen LogP contribution in [0.25, 0.3) is 17.0 Å². The third-order valence-electron chi connectivity index (χ3n) is 3.58. The van der Waals surface area contributed by atoms with Gasteiger partial charge in [-0.2, -0.15) is 5.10 Å². The SMILES string of the molecule is Cn1cc(/C=C/C(=O)NCCc2c[nH]c3ccc(Cl)cc23)cn1. The van der Waals surface area contributed by atoms with E-state index in [0.717, 1.165) is 28.5 Å². The molecule has 1 aromatic carbocycles. The van der Waals surface area contributed by atoms with Gasteiger partial charge in [-0.3, -0.25) is 9.48 Å². The fraction of sp³-hybridized carbons (Fsp3) is 0.176. The van der Waals surface area contributed by atoms with Gasteiger partial charge in [-0.1, -0.05) is 11.6 Å². The molecule has 0 atom stereocenters. The van der Waals surface area contributed by atoms with Crippen LogP contribution in [-0.2, 0) is 18.3 Å². The minimum atomic E-state index is -0.119. The van der Waals surface area contributed by atoms with E-state index in [1.54, 1.807) is 17.0 Å². The number of benzene rings is 1. The van der Waals surface area contributed by atoms with Gasteiger partial charge < -0.3 is 10.3 Å². The number of aromatic nitrogens is 3. The summed E-state index contributed by atoms with van der Waals surface area (Å²) in [4.78, 5) is 15.0. The Balaban J connectivity index is 1.55. The van der Waals surface area contributed by atoms with E-state index >= 15 is 0 Å². The highest BCUT2D eigenvalue weighted by atomic mass is 35.5. The third kappa shape index (κ3) is 3.81. The molecule has 0 bridgehead atoms. The first-order valence-electron chi connectivity index (χ1n) is 7.32. The number of amides is 1. The second-order valence-corrected chi connectivity index (χ2v) is 5.76. The molecule has 0 unspecified atom stereocenters. The largest absolute Gasteiger partial charge is 0.361 e. The number of rotatable bonds is 5. The first-order valence-corrected chi connectivity index (χ1v) is 7.70. The van der Waals surface area contributed by atoms with E-state index in [0.29, 0.717) is 11.6 Å². The van der Waals surface area contributed by atoms with Gasteiger partial charge in [0.25, 0.3) is 0 Å². The summed E-state index contributed by atoms with van der Waals surface area (Å²) in [6.45, 7) is 0.565. The van der Waals surface area contributed by atoms with Crippen molar-refractivity contribution >= 4 is 34.5 Å². The minimum Gasteiger partial charge on any atom is -0.361 e. The van der Waals surface area contributed by atoms with Crippen LogP contribution in [0, 0.1) is 0 Å². The molecule has 5 nitrogen and oxygen atoms in total. The highest BCUT2D eigenvalue weighted by Crippen LogP contribution is 2.22. The Labute approximate surface area is 139 Å².